The van der Waals surface area contributed by atoms with Gasteiger partial charge in [0.25, 0.3) is 5.91 Å². The van der Waals surface area contributed by atoms with Gasteiger partial charge >= 0.3 is 0 Å². The molecule has 4 rings (SSSR count). The number of rotatable bonds is 12. The standard InChI is InChI=1S/C30H40N4O5S/c1-30(2,3)26-17-27(34(4)14-13-20-9-11-23(36-5)25(16-20)37-6)33-29(32-26)40-19-22-10-12-24(39-22)28(35)31-18-21-8-7-15-38-21/h9-12,16-17,21H,7-8,13-15,18-19H2,1-6H3,(H,31,35). The number of ether oxygens (including phenoxy) is 3. The minimum absolute atomic E-state index is 0.0903. The molecule has 0 saturated carbocycles. The molecule has 1 amide bonds. The zero-order valence-corrected chi connectivity index (χ0v) is 25.1. The first-order chi connectivity index (χ1) is 19.2. The third-order valence-electron chi connectivity index (χ3n) is 6.78. The minimum Gasteiger partial charge on any atom is -0.493 e. The zero-order valence-electron chi connectivity index (χ0n) is 24.3. The molecule has 1 aliphatic rings. The number of hydrogen-bond donors (Lipinski definition) is 1. The quantitative estimate of drug-likeness (QED) is 0.232. The van der Waals surface area contributed by atoms with E-state index in [1.165, 1.54) is 11.8 Å². The van der Waals surface area contributed by atoms with Crippen LogP contribution >= 0.6 is 11.8 Å². The summed E-state index contributed by atoms with van der Waals surface area (Å²) in [5.74, 6) is 3.58. The van der Waals surface area contributed by atoms with E-state index in [-0.39, 0.29) is 17.4 Å². The van der Waals surface area contributed by atoms with Crippen LogP contribution in [0.3, 0.4) is 0 Å². The number of anilines is 1. The maximum atomic E-state index is 12.5. The molecular formula is C30H40N4O5S. The largest absolute Gasteiger partial charge is 0.493 e. The van der Waals surface area contributed by atoms with Crippen LogP contribution in [0.4, 0.5) is 5.82 Å². The van der Waals surface area contributed by atoms with Gasteiger partial charge in [0, 0.05) is 38.2 Å². The van der Waals surface area contributed by atoms with E-state index in [0.29, 0.717) is 29.0 Å². The molecule has 10 heteroatoms. The van der Waals surface area contributed by atoms with Crippen molar-refractivity contribution < 1.29 is 23.4 Å². The van der Waals surface area contributed by atoms with E-state index >= 15 is 0 Å². The van der Waals surface area contributed by atoms with Crippen molar-refractivity contribution in [3.05, 3.63) is 59.2 Å². The van der Waals surface area contributed by atoms with E-state index < -0.39 is 0 Å². The highest BCUT2D eigenvalue weighted by Gasteiger charge is 2.21. The van der Waals surface area contributed by atoms with Crippen molar-refractivity contribution >= 4 is 23.5 Å². The number of amides is 1. The minimum atomic E-state index is -0.226. The number of carbonyl (C=O) groups is 1. The molecule has 1 fully saturated rings. The first kappa shape index (κ1) is 29.7. The normalized spacial score (nSPS) is 15.2. The molecule has 2 aromatic heterocycles. The lowest BCUT2D eigenvalue weighted by atomic mass is 9.92. The topological polar surface area (TPSA) is 99.0 Å². The van der Waals surface area contributed by atoms with Crippen LogP contribution < -0.4 is 19.7 Å². The Morgan fingerprint density at radius 3 is 2.62 bits per heavy atom. The lowest BCUT2D eigenvalue weighted by Crippen LogP contribution is -2.31. The molecule has 1 aliphatic heterocycles. The maximum absolute atomic E-state index is 12.5. The lowest BCUT2D eigenvalue weighted by molar-refractivity contribution is 0.0834. The lowest BCUT2D eigenvalue weighted by Gasteiger charge is -2.23. The van der Waals surface area contributed by atoms with Crippen molar-refractivity contribution in [2.45, 2.75) is 62.5 Å². The number of benzene rings is 1. The van der Waals surface area contributed by atoms with E-state index in [9.17, 15) is 4.79 Å². The second-order valence-corrected chi connectivity index (χ2v) is 11.8. The van der Waals surface area contributed by atoms with E-state index in [0.717, 1.165) is 61.0 Å². The van der Waals surface area contributed by atoms with E-state index in [2.05, 4.69) is 43.1 Å². The van der Waals surface area contributed by atoms with Gasteiger partial charge in [-0.25, -0.2) is 9.97 Å². The number of hydrogen-bond acceptors (Lipinski definition) is 9. The molecule has 1 saturated heterocycles. The van der Waals surface area contributed by atoms with Crippen LogP contribution in [0.25, 0.3) is 0 Å². The average Bonchev–Trinajstić information content (AvgIpc) is 3.65. The van der Waals surface area contributed by atoms with Crippen LogP contribution in [0, 0.1) is 0 Å². The van der Waals surface area contributed by atoms with Crippen LogP contribution in [-0.2, 0) is 22.3 Å². The molecule has 3 aromatic rings. The maximum Gasteiger partial charge on any atom is 0.287 e. The molecule has 216 valence electrons. The van der Waals surface area contributed by atoms with Crippen molar-refractivity contribution in [1.29, 1.82) is 0 Å². The van der Waals surface area contributed by atoms with Crippen molar-refractivity contribution in [3.63, 3.8) is 0 Å². The predicted molar refractivity (Wildman–Crippen MR) is 157 cm³/mol. The Morgan fingerprint density at radius 1 is 1.12 bits per heavy atom. The van der Waals surface area contributed by atoms with Gasteiger partial charge in [-0.05, 0) is 49.1 Å². The molecule has 3 heterocycles. The summed E-state index contributed by atoms with van der Waals surface area (Å²) in [5.41, 5.74) is 1.97. The number of nitrogens with one attached hydrogen (secondary N) is 1. The number of carbonyl (C=O) groups excluding carboxylic acids is 1. The fraction of sp³-hybridized carbons (Fsp3) is 0.500. The summed E-state index contributed by atoms with van der Waals surface area (Å²) in [7, 11) is 5.32. The Bertz CT molecular complexity index is 1280. The Kier molecular flexibility index (Phi) is 9.97. The summed E-state index contributed by atoms with van der Waals surface area (Å²) >= 11 is 1.49. The highest BCUT2D eigenvalue weighted by atomic mass is 32.2. The van der Waals surface area contributed by atoms with Crippen molar-refractivity contribution in [2.24, 2.45) is 0 Å². The highest BCUT2D eigenvalue weighted by molar-refractivity contribution is 7.98. The number of aromatic nitrogens is 2. The van der Waals surface area contributed by atoms with E-state index in [1.807, 2.05) is 25.2 Å². The smallest absolute Gasteiger partial charge is 0.287 e. The Balaban J connectivity index is 1.40. The highest BCUT2D eigenvalue weighted by Crippen LogP contribution is 2.30. The fourth-order valence-corrected chi connectivity index (χ4v) is 5.06. The third-order valence-corrected chi connectivity index (χ3v) is 7.65. The molecule has 1 unspecified atom stereocenters. The SMILES string of the molecule is COc1ccc(CCN(C)c2cc(C(C)(C)C)nc(SCc3ccc(C(=O)NCC4CCCO4)o3)n2)cc1OC. The summed E-state index contributed by atoms with van der Waals surface area (Å²) in [6.07, 6.45) is 2.92. The molecule has 9 nitrogen and oxygen atoms in total. The van der Waals surface area contributed by atoms with Crippen LogP contribution in [0.2, 0.25) is 0 Å². The van der Waals surface area contributed by atoms with Gasteiger partial charge in [-0.2, -0.15) is 0 Å². The van der Waals surface area contributed by atoms with Gasteiger partial charge in [0.2, 0.25) is 0 Å². The molecule has 0 bridgehead atoms. The van der Waals surface area contributed by atoms with Crippen molar-refractivity contribution in [3.8, 4) is 11.5 Å². The van der Waals surface area contributed by atoms with E-state index in [4.69, 9.17) is 28.6 Å². The van der Waals surface area contributed by atoms with Gasteiger partial charge in [-0.1, -0.05) is 38.6 Å². The van der Waals surface area contributed by atoms with Crippen molar-refractivity contribution in [1.82, 2.24) is 15.3 Å². The Morgan fingerprint density at radius 2 is 1.93 bits per heavy atom. The van der Waals surface area contributed by atoms with Gasteiger partial charge in [0.05, 0.1) is 31.8 Å². The van der Waals surface area contributed by atoms with Gasteiger partial charge in [0.1, 0.15) is 11.6 Å². The van der Waals surface area contributed by atoms with Gasteiger partial charge < -0.3 is 28.8 Å². The van der Waals surface area contributed by atoms with Crippen LogP contribution in [0.15, 0.2) is 46.0 Å². The fourth-order valence-electron chi connectivity index (χ4n) is 4.32. The molecule has 0 radical (unpaired) electrons. The average molecular weight is 569 g/mol. The Labute approximate surface area is 241 Å². The van der Waals surface area contributed by atoms with Crippen LogP contribution in [0.5, 0.6) is 11.5 Å². The number of methoxy groups -OCH3 is 2. The molecule has 40 heavy (non-hydrogen) atoms. The summed E-state index contributed by atoms with van der Waals surface area (Å²) in [6.45, 7) is 8.46. The Hall–Kier alpha value is -3.24. The summed E-state index contributed by atoms with van der Waals surface area (Å²) in [6, 6.07) is 11.6. The molecule has 1 N–H and O–H groups in total. The summed E-state index contributed by atoms with van der Waals surface area (Å²) in [5, 5.41) is 3.57. The molecule has 0 spiro atoms. The van der Waals surface area contributed by atoms with E-state index in [1.54, 1.807) is 20.3 Å². The number of furan rings is 1. The summed E-state index contributed by atoms with van der Waals surface area (Å²) < 4.78 is 22.2. The van der Waals surface area contributed by atoms with Gasteiger partial charge in [-0.3, -0.25) is 4.79 Å². The number of thioether (sulfide) groups is 1. The van der Waals surface area contributed by atoms with Crippen LogP contribution in [-0.4, -0.2) is 62.9 Å². The first-order valence-electron chi connectivity index (χ1n) is 13.6. The molecule has 0 aliphatic carbocycles. The predicted octanol–water partition coefficient (Wildman–Crippen LogP) is 5.26. The second-order valence-electron chi connectivity index (χ2n) is 10.9. The van der Waals surface area contributed by atoms with Crippen molar-refractivity contribution in [2.75, 3.05) is 45.9 Å². The first-order valence-corrected chi connectivity index (χ1v) is 14.6. The molecule has 1 atom stereocenters. The third kappa shape index (κ3) is 7.91. The zero-order chi connectivity index (χ0) is 28.7. The monoisotopic (exact) mass is 568 g/mol. The number of likely N-dealkylation sites (N-methyl/N-ethyl adjacent to an activating group) is 1. The second kappa shape index (κ2) is 13.4. The molecular weight excluding hydrogens is 528 g/mol. The number of nitrogens with zero attached hydrogens (tertiary/aromatic N) is 3. The van der Waals surface area contributed by atoms with Gasteiger partial charge in [-0.15, -0.1) is 0 Å². The summed E-state index contributed by atoms with van der Waals surface area (Å²) in [4.78, 5) is 24.3. The van der Waals surface area contributed by atoms with Crippen LogP contribution in [0.1, 0.15) is 61.2 Å². The van der Waals surface area contributed by atoms with Gasteiger partial charge in [0.15, 0.2) is 22.4 Å². The molecule has 1 aromatic carbocycles.